The van der Waals surface area contributed by atoms with Gasteiger partial charge in [-0.1, -0.05) is 34.6 Å². The summed E-state index contributed by atoms with van der Waals surface area (Å²) in [5.41, 5.74) is 1.60. The summed E-state index contributed by atoms with van der Waals surface area (Å²) in [4.78, 5) is 4.87. The fourth-order valence-electron chi connectivity index (χ4n) is 2.67. The highest BCUT2D eigenvalue weighted by atomic mass is 32.1. The molecule has 4 heteroatoms. The first-order valence-corrected chi connectivity index (χ1v) is 8.92. The van der Waals surface area contributed by atoms with Gasteiger partial charge in [-0.25, -0.2) is 4.98 Å². The van der Waals surface area contributed by atoms with E-state index in [1.54, 1.807) is 0 Å². The van der Waals surface area contributed by atoms with E-state index in [1.807, 2.05) is 11.3 Å². The number of ether oxygens (including phenoxy) is 1. The molecule has 1 aliphatic heterocycles. The summed E-state index contributed by atoms with van der Waals surface area (Å²) >= 11 is 1.81. The minimum Gasteiger partial charge on any atom is -0.381 e. The Balaban J connectivity index is 2.00. The quantitative estimate of drug-likeness (QED) is 0.871. The van der Waals surface area contributed by atoms with Gasteiger partial charge in [0.2, 0.25) is 0 Å². The highest BCUT2D eigenvalue weighted by molar-refractivity contribution is 7.09. The van der Waals surface area contributed by atoms with Crippen LogP contribution in [0.3, 0.4) is 0 Å². The Morgan fingerprint density at radius 2 is 2.19 bits per heavy atom. The molecule has 1 saturated heterocycles. The van der Waals surface area contributed by atoms with E-state index >= 15 is 0 Å². The molecule has 0 spiro atoms. The number of hydrogen-bond acceptors (Lipinski definition) is 4. The maximum atomic E-state index is 5.70. The lowest BCUT2D eigenvalue weighted by Gasteiger charge is -2.27. The molecule has 0 aromatic carbocycles. The Labute approximate surface area is 133 Å². The third-order valence-electron chi connectivity index (χ3n) is 4.08. The van der Waals surface area contributed by atoms with Crippen molar-refractivity contribution in [3.05, 3.63) is 16.1 Å². The highest BCUT2D eigenvalue weighted by Crippen LogP contribution is 2.34. The van der Waals surface area contributed by atoms with Crippen LogP contribution >= 0.6 is 11.3 Å². The SMILES string of the molecule is CC(C)CNCC1(Cc2nc(C(C)(C)C)cs2)CCOC1. The maximum Gasteiger partial charge on any atom is 0.0935 e. The predicted octanol–water partition coefficient (Wildman–Crippen LogP) is 3.64. The molecule has 2 heterocycles. The molecule has 0 saturated carbocycles. The highest BCUT2D eigenvalue weighted by Gasteiger charge is 2.36. The molecule has 1 aromatic heterocycles. The lowest BCUT2D eigenvalue weighted by Crippen LogP contribution is -2.38. The zero-order valence-electron chi connectivity index (χ0n) is 14.2. The number of hydrogen-bond donors (Lipinski definition) is 1. The monoisotopic (exact) mass is 310 g/mol. The molecule has 1 aliphatic rings. The molecule has 0 amide bonds. The second-order valence-corrected chi connectivity index (χ2v) is 8.82. The van der Waals surface area contributed by atoms with E-state index in [9.17, 15) is 0 Å². The molecule has 1 aromatic rings. The van der Waals surface area contributed by atoms with Crippen LogP contribution in [0.2, 0.25) is 0 Å². The van der Waals surface area contributed by atoms with Gasteiger partial charge in [-0.15, -0.1) is 11.3 Å². The molecular weight excluding hydrogens is 280 g/mol. The number of nitrogens with zero attached hydrogens (tertiary/aromatic N) is 1. The molecule has 1 N–H and O–H groups in total. The van der Waals surface area contributed by atoms with Gasteiger partial charge in [-0.05, 0) is 18.9 Å². The van der Waals surface area contributed by atoms with E-state index in [-0.39, 0.29) is 10.8 Å². The second kappa shape index (κ2) is 6.76. The Morgan fingerprint density at radius 1 is 1.43 bits per heavy atom. The van der Waals surface area contributed by atoms with E-state index in [4.69, 9.17) is 9.72 Å². The maximum absolute atomic E-state index is 5.70. The van der Waals surface area contributed by atoms with Crippen LogP contribution in [0.25, 0.3) is 0 Å². The van der Waals surface area contributed by atoms with E-state index in [2.05, 4.69) is 45.3 Å². The molecule has 0 aliphatic carbocycles. The van der Waals surface area contributed by atoms with Crippen LogP contribution in [0.5, 0.6) is 0 Å². The van der Waals surface area contributed by atoms with Gasteiger partial charge in [0.1, 0.15) is 0 Å². The predicted molar refractivity (Wildman–Crippen MR) is 90.1 cm³/mol. The smallest absolute Gasteiger partial charge is 0.0935 e. The van der Waals surface area contributed by atoms with Crippen LogP contribution in [-0.2, 0) is 16.6 Å². The summed E-state index contributed by atoms with van der Waals surface area (Å²) in [6, 6.07) is 0. The molecule has 21 heavy (non-hydrogen) atoms. The lowest BCUT2D eigenvalue weighted by molar-refractivity contribution is 0.148. The molecule has 0 bridgehead atoms. The summed E-state index contributed by atoms with van der Waals surface area (Å²) in [6.45, 7) is 15.0. The Bertz CT molecular complexity index is 442. The second-order valence-electron chi connectivity index (χ2n) is 7.88. The van der Waals surface area contributed by atoms with E-state index in [1.165, 1.54) is 10.7 Å². The van der Waals surface area contributed by atoms with Crippen molar-refractivity contribution < 1.29 is 4.74 Å². The molecule has 0 radical (unpaired) electrons. The number of thiazole rings is 1. The van der Waals surface area contributed by atoms with Crippen LogP contribution in [0, 0.1) is 11.3 Å². The summed E-state index contributed by atoms with van der Waals surface area (Å²) in [6.07, 6.45) is 2.18. The average Bonchev–Trinajstić information content (AvgIpc) is 2.98. The number of nitrogens with one attached hydrogen (secondary N) is 1. The van der Waals surface area contributed by atoms with Gasteiger partial charge in [0.25, 0.3) is 0 Å². The standard InChI is InChI=1S/C17H30N2OS/c1-13(2)9-18-11-17(6-7-20-12-17)8-15-19-14(10-21-15)16(3,4)5/h10,13,18H,6-9,11-12H2,1-5H3. The van der Waals surface area contributed by atoms with Gasteiger partial charge >= 0.3 is 0 Å². The van der Waals surface area contributed by atoms with Gasteiger partial charge in [0, 0.05) is 35.8 Å². The van der Waals surface area contributed by atoms with Crippen molar-refractivity contribution in [3.8, 4) is 0 Å². The van der Waals surface area contributed by atoms with Gasteiger partial charge in [-0.3, -0.25) is 0 Å². The van der Waals surface area contributed by atoms with Crippen LogP contribution in [0.15, 0.2) is 5.38 Å². The van der Waals surface area contributed by atoms with Gasteiger partial charge in [-0.2, -0.15) is 0 Å². The Morgan fingerprint density at radius 3 is 2.71 bits per heavy atom. The fourth-order valence-corrected chi connectivity index (χ4v) is 3.87. The molecule has 120 valence electrons. The van der Waals surface area contributed by atoms with Crippen LogP contribution < -0.4 is 5.32 Å². The molecule has 1 unspecified atom stereocenters. The largest absolute Gasteiger partial charge is 0.381 e. The van der Waals surface area contributed by atoms with Crippen molar-refractivity contribution in [2.45, 2.75) is 52.9 Å². The molecular formula is C17H30N2OS. The first-order chi connectivity index (χ1) is 9.81. The minimum atomic E-state index is 0.143. The number of aromatic nitrogens is 1. The molecule has 1 fully saturated rings. The summed E-state index contributed by atoms with van der Waals surface area (Å²) < 4.78 is 5.70. The van der Waals surface area contributed by atoms with Crippen molar-refractivity contribution in [1.82, 2.24) is 10.3 Å². The van der Waals surface area contributed by atoms with E-state index in [0.717, 1.165) is 39.1 Å². The summed E-state index contributed by atoms with van der Waals surface area (Å²) in [5, 5.41) is 7.11. The van der Waals surface area contributed by atoms with Crippen molar-refractivity contribution in [2.75, 3.05) is 26.3 Å². The Kier molecular flexibility index (Phi) is 5.44. The van der Waals surface area contributed by atoms with Gasteiger partial charge < -0.3 is 10.1 Å². The zero-order chi connectivity index (χ0) is 15.5. The van der Waals surface area contributed by atoms with Crippen LogP contribution in [-0.4, -0.2) is 31.3 Å². The molecule has 3 nitrogen and oxygen atoms in total. The third-order valence-corrected chi connectivity index (χ3v) is 4.93. The Hall–Kier alpha value is -0.450. The van der Waals surface area contributed by atoms with Crippen LogP contribution in [0.4, 0.5) is 0 Å². The summed E-state index contributed by atoms with van der Waals surface area (Å²) in [7, 11) is 0. The van der Waals surface area contributed by atoms with Crippen molar-refractivity contribution in [2.24, 2.45) is 11.3 Å². The van der Waals surface area contributed by atoms with E-state index < -0.39 is 0 Å². The number of rotatable bonds is 6. The third kappa shape index (κ3) is 4.76. The van der Waals surface area contributed by atoms with Gasteiger partial charge in [0.05, 0.1) is 17.3 Å². The topological polar surface area (TPSA) is 34.2 Å². The van der Waals surface area contributed by atoms with Crippen LogP contribution in [0.1, 0.15) is 51.7 Å². The molecule has 2 rings (SSSR count). The summed E-state index contributed by atoms with van der Waals surface area (Å²) in [5.74, 6) is 0.691. The lowest BCUT2D eigenvalue weighted by atomic mass is 9.83. The minimum absolute atomic E-state index is 0.143. The average molecular weight is 311 g/mol. The van der Waals surface area contributed by atoms with Gasteiger partial charge in [0.15, 0.2) is 0 Å². The molecule has 1 atom stereocenters. The fraction of sp³-hybridized carbons (Fsp3) is 0.824. The first-order valence-electron chi connectivity index (χ1n) is 8.04. The van der Waals surface area contributed by atoms with Crippen molar-refractivity contribution >= 4 is 11.3 Å². The van der Waals surface area contributed by atoms with Crippen molar-refractivity contribution in [3.63, 3.8) is 0 Å². The first kappa shape index (κ1) is 16.9. The normalized spacial score (nSPS) is 23.1. The zero-order valence-corrected chi connectivity index (χ0v) is 15.0. The van der Waals surface area contributed by atoms with E-state index in [0.29, 0.717) is 5.92 Å². The van der Waals surface area contributed by atoms with Crippen molar-refractivity contribution in [1.29, 1.82) is 0 Å².